The maximum absolute atomic E-state index is 13.8. The number of hydrogen-bond donors (Lipinski definition) is 3. The highest BCUT2D eigenvalue weighted by Gasteiger charge is 2.18. The summed E-state index contributed by atoms with van der Waals surface area (Å²) in [5.74, 6) is 4.98. The molecule has 1 fully saturated rings. The number of hydrogen-bond acceptors (Lipinski definition) is 5. The highest BCUT2D eigenvalue weighted by Crippen LogP contribution is 2.24. The van der Waals surface area contributed by atoms with Gasteiger partial charge in [0.15, 0.2) is 11.6 Å². The van der Waals surface area contributed by atoms with Crippen LogP contribution in [0.5, 0.6) is 0 Å². The van der Waals surface area contributed by atoms with Crippen LogP contribution < -0.4 is 16.6 Å². The second-order valence-electron chi connectivity index (χ2n) is 4.36. The Morgan fingerprint density at radius 3 is 3.11 bits per heavy atom. The lowest BCUT2D eigenvalue weighted by Crippen LogP contribution is -2.32. The average molecular weight is 284 g/mol. The van der Waals surface area contributed by atoms with E-state index >= 15 is 0 Å². The maximum Gasteiger partial charge on any atom is 0.254 e. The molecule has 1 aromatic rings. The summed E-state index contributed by atoms with van der Waals surface area (Å²) >= 11 is 1.86. The van der Waals surface area contributed by atoms with Crippen molar-refractivity contribution in [3.05, 3.63) is 23.6 Å². The molecule has 0 bridgehead atoms. The van der Waals surface area contributed by atoms with E-state index in [1.165, 1.54) is 25.1 Å². The van der Waals surface area contributed by atoms with Crippen LogP contribution in [-0.4, -0.2) is 28.4 Å². The van der Waals surface area contributed by atoms with Crippen LogP contribution in [0.3, 0.4) is 0 Å². The number of carbonyl (C=O) groups excluding carboxylic acids is 1. The molecule has 19 heavy (non-hydrogen) atoms. The maximum atomic E-state index is 13.8. The first-order valence-electron chi connectivity index (χ1n) is 6.23. The molecule has 7 heteroatoms. The van der Waals surface area contributed by atoms with Gasteiger partial charge < -0.3 is 10.7 Å². The van der Waals surface area contributed by atoms with Gasteiger partial charge in [-0.2, -0.15) is 11.8 Å². The minimum Gasteiger partial charge on any atom is -0.351 e. The Hall–Kier alpha value is -1.34. The molecule has 0 aromatic carbocycles. The van der Waals surface area contributed by atoms with Gasteiger partial charge in [-0.25, -0.2) is 15.2 Å². The molecule has 2 heterocycles. The van der Waals surface area contributed by atoms with Crippen molar-refractivity contribution in [1.29, 1.82) is 0 Å². The van der Waals surface area contributed by atoms with Crippen molar-refractivity contribution in [2.24, 2.45) is 5.84 Å². The number of amides is 1. The van der Waals surface area contributed by atoms with Crippen molar-refractivity contribution in [3.8, 4) is 0 Å². The van der Waals surface area contributed by atoms with Crippen LogP contribution in [0.15, 0.2) is 12.3 Å². The fourth-order valence-corrected chi connectivity index (χ4v) is 3.23. The smallest absolute Gasteiger partial charge is 0.254 e. The van der Waals surface area contributed by atoms with Gasteiger partial charge in [-0.05, 0) is 24.7 Å². The SMILES string of the molecule is NNc1nccc(C(=O)NCC2CCCCS2)c1F. The molecule has 1 unspecified atom stereocenters. The topological polar surface area (TPSA) is 80.0 Å². The van der Waals surface area contributed by atoms with Crippen LogP contribution in [-0.2, 0) is 0 Å². The number of pyridine rings is 1. The Labute approximate surface area is 115 Å². The fraction of sp³-hybridized carbons (Fsp3) is 0.500. The van der Waals surface area contributed by atoms with Gasteiger partial charge in [0.25, 0.3) is 5.91 Å². The summed E-state index contributed by atoms with van der Waals surface area (Å²) in [4.78, 5) is 15.6. The minimum atomic E-state index is -0.723. The van der Waals surface area contributed by atoms with Crippen molar-refractivity contribution < 1.29 is 9.18 Å². The average Bonchev–Trinajstić information content (AvgIpc) is 2.46. The van der Waals surface area contributed by atoms with Crippen molar-refractivity contribution >= 4 is 23.5 Å². The normalized spacial score (nSPS) is 18.9. The number of halogens is 1. The third-order valence-corrected chi connectivity index (χ3v) is 4.43. The summed E-state index contributed by atoms with van der Waals surface area (Å²) in [5, 5.41) is 3.19. The van der Waals surface area contributed by atoms with Gasteiger partial charge in [0.1, 0.15) is 0 Å². The molecular weight excluding hydrogens is 267 g/mol. The third kappa shape index (κ3) is 3.57. The number of hydrazine groups is 1. The summed E-state index contributed by atoms with van der Waals surface area (Å²) < 4.78 is 13.8. The van der Waals surface area contributed by atoms with E-state index < -0.39 is 11.7 Å². The lowest BCUT2D eigenvalue weighted by atomic mass is 10.2. The van der Waals surface area contributed by atoms with Crippen LogP contribution in [0.1, 0.15) is 29.6 Å². The standard InChI is InChI=1S/C12H17FN4OS/c13-10-9(4-5-15-11(10)17-14)12(18)16-7-8-3-1-2-6-19-8/h4-5,8H,1-3,6-7,14H2,(H,15,17)(H,16,18). The Balaban J connectivity index is 1.95. The van der Waals surface area contributed by atoms with Crippen molar-refractivity contribution in [2.75, 3.05) is 17.7 Å². The number of nitrogens with zero attached hydrogens (tertiary/aromatic N) is 1. The Morgan fingerprint density at radius 1 is 1.58 bits per heavy atom. The van der Waals surface area contributed by atoms with Gasteiger partial charge in [0, 0.05) is 18.0 Å². The van der Waals surface area contributed by atoms with Gasteiger partial charge in [-0.1, -0.05) is 6.42 Å². The van der Waals surface area contributed by atoms with Crippen molar-refractivity contribution in [2.45, 2.75) is 24.5 Å². The summed E-state index contributed by atoms with van der Waals surface area (Å²) in [5.41, 5.74) is 2.09. The van der Waals surface area contributed by atoms with E-state index in [-0.39, 0.29) is 11.4 Å². The summed E-state index contributed by atoms with van der Waals surface area (Å²) in [6, 6.07) is 1.35. The van der Waals surface area contributed by atoms with E-state index in [0.717, 1.165) is 12.2 Å². The predicted molar refractivity (Wildman–Crippen MR) is 74.4 cm³/mol. The van der Waals surface area contributed by atoms with Crippen LogP contribution in [0.4, 0.5) is 10.2 Å². The number of nitrogen functional groups attached to an aromatic ring is 1. The first kappa shape index (κ1) is 14.1. The summed E-state index contributed by atoms with van der Waals surface area (Å²) in [7, 11) is 0. The first-order chi connectivity index (χ1) is 9.22. The predicted octanol–water partition coefficient (Wildman–Crippen LogP) is 1.52. The second-order valence-corrected chi connectivity index (χ2v) is 5.77. The van der Waals surface area contributed by atoms with Gasteiger partial charge in [0.05, 0.1) is 5.56 Å². The quantitative estimate of drug-likeness (QED) is 0.577. The molecule has 1 aliphatic heterocycles. The van der Waals surface area contributed by atoms with Crippen LogP contribution in [0, 0.1) is 5.82 Å². The van der Waals surface area contributed by atoms with E-state index in [2.05, 4.69) is 15.7 Å². The molecule has 5 nitrogen and oxygen atoms in total. The summed E-state index contributed by atoms with van der Waals surface area (Å²) in [6.45, 7) is 0.566. The summed E-state index contributed by atoms with van der Waals surface area (Å²) in [6.07, 6.45) is 4.87. The Bertz CT molecular complexity index is 451. The molecular formula is C12H17FN4OS. The molecule has 1 aromatic heterocycles. The zero-order valence-electron chi connectivity index (χ0n) is 10.5. The van der Waals surface area contributed by atoms with Gasteiger partial charge in [-0.3, -0.25) is 4.79 Å². The molecule has 0 aliphatic carbocycles. The van der Waals surface area contributed by atoms with Crippen LogP contribution in [0.25, 0.3) is 0 Å². The van der Waals surface area contributed by atoms with E-state index in [4.69, 9.17) is 5.84 Å². The zero-order valence-corrected chi connectivity index (χ0v) is 11.3. The lowest BCUT2D eigenvalue weighted by Gasteiger charge is -2.21. The molecule has 1 saturated heterocycles. The molecule has 104 valence electrons. The second kappa shape index (κ2) is 6.72. The van der Waals surface area contributed by atoms with Gasteiger partial charge in [0.2, 0.25) is 0 Å². The molecule has 0 spiro atoms. The number of anilines is 1. The Morgan fingerprint density at radius 2 is 2.42 bits per heavy atom. The Kier molecular flexibility index (Phi) is 4.98. The minimum absolute atomic E-state index is 0.0382. The van der Waals surface area contributed by atoms with Crippen LogP contribution in [0.2, 0.25) is 0 Å². The molecule has 1 atom stereocenters. The highest BCUT2D eigenvalue weighted by atomic mass is 32.2. The first-order valence-corrected chi connectivity index (χ1v) is 7.28. The third-order valence-electron chi connectivity index (χ3n) is 3.03. The van der Waals surface area contributed by atoms with E-state index in [9.17, 15) is 9.18 Å². The molecule has 1 amide bonds. The monoisotopic (exact) mass is 284 g/mol. The largest absolute Gasteiger partial charge is 0.351 e. The zero-order chi connectivity index (χ0) is 13.7. The molecule has 0 radical (unpaired) electrons. The number of thioether (sulfide) groups is 1. The fourth-order valence-electron chi connectivity index (χ4n) is 1.99. The number of rotatable bonds is 4. The number of nitrogens with one attached hydrogen (secondary N) is 2. The van der Waals surface area contributed by atoms with Crippen LogP contribution >= 0.6 is 11.8 Å². The van der Waals surface area contributed by atoms with E-state index in [1.807, 2.05) is 11.8 Å². The van der Waals surface area contributed by atoms with E-state index in [1.54, 1.807) is 0 Å². The van der Waals surface area contributed by atoms with Crippen molar-refractivity contribution in [3.63, 3.8) is 0 Å². The molecule has 4 N–H and O–H groups in total. The van der Waals surface area contributed by atoms with Gasteiger partial charge in [-0.15, -0.1) is 0 Å². The van der Waals surface area contributed by atoms with E-state index in [0.29, 0.717) is 11.8 Å². The molecule has 2 rings (SSSR count). The molecule has 1 aliphatic rings. The number of aromatic nitrogens is 1. The number of carbonyl (C=O) groups is 1. The number of nitrogens with two attached hydrogens (primary N) is 1. The van der Waals surface area contributed by atoms with Crippen molar-refractivity contribution in [1.82, 2.24) is 10.3 Å². The lowest BCUT2D eigenvalue weighted by molar-refractivity contribution is 0.0949. The molecule has 0 saturated carbocycles. The highest BCUT2D eigenvalue weighted by molar-refractivity contribution is 7.99. The van der Waals surface area contributed by atoms with Gasteiger partial charge >= 0.3 is 0 Å².